The first-order valence-corrected chi connectivity index (χ1v) is 7.79. The largest absolute Gasteiger partial charge is 0.496 e. The van der Waals surface area contributed by atoms with Crippen LogP contribution in [0.3, 0.4) is 0 Å². The van der Waals surface area contributed by atoms with Crippen LogP contribution in [0.5, 0.6) is 5.75 Å². The molecule has 0 aromatic heterocycles. The van der Waals surface area contributed by atoms with E-state index in [0.29, 0.717) is 11.3 Å². The van der Waals surface area contributed by atoms with Gasteiger partial charge in [0.25, 0.3) is 5.91 Å². The summed E-state index contributed by atoms with van der Waals surface area (Å²) < 4.78 is 6.15. The van der Waals surface area contributed by atoms with Gasteiger partial charge in [0.05, 0.1) is 12.7 Å². The quantitative estimate of drug-likeness (QED) is 0.829. The van der Waals surface area contributed by atoms with Gasteiger partial charge < -0.3 is 9.64 Å². The maximum absolute atomic E-state index is 12.4. The van der Waals surface area contributed by atoms with Gasteiger partial charge in [0.1, 0.15) is 5.75 Å². The molecular formula is C13H18BrNO2S. The number of carbonyl (C=O) groups excluding carboxylic acids is 1. The molecule has 100 valence electrons. The van der Waals surface area contributed by atoms with Crippen molar-refractivity contribution in [1.29, 1.82) is 0 Å². The molecule has 5 heteroatoms. The Morgan fingerprint density at radius 2 is 2.22 bits per heavy atom. The number of methoxy groups -OCH3 is 1. The minimum Gasteiger partial charge on any atom is -0.496 e. The van der Waals surface area contributed by atoms with Crippen LogP contribution in [0, 0.1) is 0 Å². The molecule has 0 saturated carbocycles. The van der Waals surface area contributed by atoms with Gasteiger partial charge in [0.15, 0.2) is 0 Å². The Morgan fingerprint density at radius 3 is 2.78 bits per heavy atom. The fourth-order valence-corrected chi connectivity index (χ4v) is 2.63. The molecule has 0 fully saturated rings. The third kappa shape index (κ3) is 3.65. The molecule has 1 aromatic rings. The fraction of sp³-hybridized carbons (Fsp3) is 0.462. The Balaban J connectivity index is 2.96. The lowest BCUT2D eigenvalue weighted by Gasteiger charge is -2.25. The third-order valence-corrected chi connectivity index (χ3v) is 4.09. The molecule has 0 bridgehead atoms. The number of halogens is 1. The molecule has 3 nitrogen and oxygen atoms in total. The number of nitrogens with zero attached hydrogens (tertiary/aromatic N) is 1. The maximum atomic E-state index is 12.4. The van der Waals surface area contributed by atoms with Crippen molar-refractivity contribution in [2.75, 3.05) is 26.2 Å². The van der Waals surface area contributed by atoms with Crippen molar-refractivity contribution in [1.82, 2.24) is 4.90 Å². The average molecular weight is 332 g/mol. The second kappa shape index (κ2) is 7.04. The number of amides is 1. The lowest BCUT2D eigenvalue weighted by Crippen LogP contribution is -2.36. The molecule has 0 aliphatic heterocycles. The smallest absolute Gasteiger partial charge is 0.257 e. The molecule has 1 atom stereocenters. The van der Waals surface area contributed by atoms with Gasteiger partial charge in [-0.2, -0.15) is 11.8 Å². The number of ether oxygens (including phenoxy) is 1. The number of carbonyl (C=O) groups is 1. The second-order valence-electron chi connectivity index (χ2n) is 4.07. The number of rotatable bonds is 5. The molecule has 1 rings (SSSR count). The molecule has 0 saturated heterocycles. The van der Waals surface area contributed by atoms with Gasteiger partial charge in [0.2, 0.25) is 0 Å². The number of thioether (sulfide) groups is 1. The van der Waals surface area contributed by atoms with Crippen LogP contribution >= 0.6 is 27.7 Å². The van der Waals surface area contributed by atoms with Crippen LogP contribution in [0.15, 0.2) is 22.7 Å². The summed E-state index contributed by atoms with van der Waals surface area (Å²) in [6, 6.07) is 5.64. The van der Waals surface area contributed by atoms with E-state index < -0.39 is 0 Å². The summed E-state index contributed by atoms with van der Waals surface area (Å²) in [7, 11) is 3.40. The second-order valence-corrected chi connectivity index (χ2v) is 5.89. The van der Waals surface area contributed by atoms with E-state index in [1.54, 1.807) is 35.9 Å². The van der Waals surface area contributed by atoms with E-state index in [0.717, 1.165) is 10.2 Å². The summed E-state index contributed by atoms with van der Waals surface area (Å²) in [6.07, 6.45) is 2.04. The summed E-state index contributed by atoms with van der Waals surface area (Å²) in [6.45, 7) is 2.04. The molecule has 1 unspecified atom stereocenters. The van der Waals surface area contributed by atoms with E-state index in [1.807, 2.05) is 26.3 Å². The lowest BCUT2D eigenvalue weighted by atomic mass is 10.1. The SMILES string of the molecule is COc1cc(Br)ccc1C(=O)N(C)C(C)CSC. The highest BCUT2D eigenvalue weighted by Crippen LogP contribution is 2.25. The van der Waals surface area contributed by atoms with Crippen LogP contribution in [0.1, 0.15) is 17.3 Å². The van der Waals surface area contributed by atoms with Crippen LogP contribution < -0.4 is 4.74 Å². The van der Waals surface area contributed by atoms with Crippen LogP contribution in [0.2, 0.25) is 0 Å². The Morgan fingerprint density at radius 1 is 1.56 bits per heavy atom. The molecule has 0 spiro atoms. The zero-order valence-electron chi connectivity index (χ0n) is 11.1. The highest BCUT2D eigenvalue weighted by atomic mass is 79.9. The first-order valence-electron chi connectivity index (χ1n) is 5.61. The topological polar surface area (TPSA) is 29.5 Å². The summed E-state index contributed by atoms with van der Waals surface area (Å²) in [4.78, 5) is 14.1. The van der Waals surface area contributed by atoms with Crippen molar-refractivity contribution < 1.29 is 9.53 Å². The Bertz CT molecular complexity index is 425. The summed E-state index contributed by atoms with van der Waals surface area (Å²) in [5.74, 6) is 1.50. The van der Waals surface area contributed by atoms with E-state index in [9.17, 15) is 4.79 Å². The van der Waals surface area contributed by atoms with Crippen LogP contribution in [0.25, 0.3) is 0 Å². The minimum absolute atomic E-state index is 0.0131. The molecule has 0 aliphatic rings. The molecular weight excluding hydrogens is 314 g/mol. The summed E-state index contributed by atoms with van der Waals surface area (Å²) in [5.41, 5.74) is 0.594. The van der Waals surface area contributed by atoms with E-state index in [4.69, 9.17) is 4.74 Å². The summed E-state index contributed by atoms with van der Waals surface area (Å²) >= 11 is 5.10. The number of hydrogen-bond donors (Lipinski definition) is 0. The molecule has 0 aliphatic carbocycles. The molecule has 0 N–H and O–H groups in total. The predicted molar refractivity (Wildman–Crippen MR) is 80.6 cm³/mol. The molecule has 1 amide bonds. The van der Waals surface area contributed by atoms with E-state index in [2.05, 4.69) is 15.9 Å². The van der Waals surface area contributed by atoms with Crippen molar-refractivity contribution in [3.05, 3.63) is 28.2 Å². The van der Waals surface area contributed by atoms with Gasteiger partial charge in [0, 0.05) is 23.3 Å². The van der Waals surface area contributed by atoms with Crippen molar-refractivity contribution in [3.63, 3.8) is 0 Å². The standard InChI is InChI=1S/C13H18BrNO2S/c1-9(8-18-4)15(2)13(16)11-6-5-10(14)7-12(11)17-3/h5-7,9H,8H2,1-4H3. The molecule has 0 radical (unpaired) electrons. The molecule has 18 heavy (non-hydrogen) atoms. The Kier molecular flexibility index (Phi) is 6.02. The third-order valence-electron chi connectivity index (χ3n) is 2.78. The first kappa shape index (κ1) is 15.4. The van der Waals surface area contributed by atoms with E-state index in [1.165, 1.54) is 0 Å². The highest BCUT2D eigenvalue weighted by molar-refractivity contribution is 9.10. The Labute approximate surface area is 121 Å². The van der Waals surface area contributed by atoms with E-state index >= 15 is 0 Å². The van der Waals surface area contributed by atoms with Crippen LogP contribution in [0.4, 0.5) is 0 Å². The van der Waals surface area contributed by atoms with Gasteiger partial charge >= 0.3 is 0 Å². The van der Waals surface area contributed by atoms with Crippen molar-refractivity contribution in [3.8, 4) is 5.75 Å². The highest BCUT2D eigenvalue weighted by Gasteiger charge is 2.20. The normalized spacial score (nSPS) is 12.1. The monoisotopic (exact) mass is 331 g/mol. The number of hydrogen-bond acceptors (Lipinski definition) is 3. The average Bonchev–Trinajstić information content (AvgIpc) is 2.37. The lowest BCUT2D eigenvalue weighted by molar-refractivity contribution is 0.0754. The maximum Gasteiger partial charge on any atom is 0.257 e. The molecule has 1 aromatic carbocycles. The van der Waals surface area contributed by atoms with Crippen molar-refractivity contribution >= 4 is 33.6 Å². The van der Waals surface area contributed by atoms with Gasteiger partial charge in [-0.15, -0.1) is 0 Å². The van der Waals surface area contributed by atoms with Gasteiger partial charge in [-0.05, 0) is 31.4 Å². The van der Waals surface area contributed by atoms with Gasteiger partial charge in [-0.3, -0.25) is 4.79 Å². The van der Waals surface area contributed by atoms with Crippen molar-refractivity contribution in [2.24, 2.45) is 0 Å². The van der Waals surface area contributed by atoms with Crippen molar-refractivity contribution in [2.45, 2.75) is 13.0 Å². The summed E-state index contributed by atoms with van der Waals surface area (Å²) in [5, 5.41) is 0. The zero-order chi connectivity index (χ0) is 13.7. The van der Waals surface area contributed by atoms with E-state index in [-0.39, 0.29) is 11.9 Å². The fourth-order valence-electron chi connectivity index (χ4n) is 1.58. The van der Waals surface area contributed by atoms with Crippen LogP contribution in [-0.4, -0.2) is 43.0 Å². The zero-order valence-corrected chi connectivity index (χ0v) is 13.5. The van der Waals surface area contributed by atoms with Gasteiger partial charge in [-0.25, -0.2) is 0 Å². The van der Waals surface area contributed by atoms with Gasteiger partial charge in [-0.1, -0.05) is 15.9 Å². The predicted octanol–water partition coefficient (Wildman–Crippen LogP) is 3.28. The van der Waals surface area contributed by atoms with Crippen LogP contribution in [-0.2, 0) is 0 Å². The first-order chi connectivity index (χ1) is 8.51. The number of benzene rings is 1. The molecule has 0 heterocycles. The Hall–Kier alpha value is -0.680. The minimum atomic E-state index is -0.0131.